The zero-order valence-corrected chi connectivity index (χ0v) is 12.6. The summed E-state index contributed by atoms with van der Waals surface area (Å²) in [6.07, 6.45) is 7.66. The van der Waals surface area contributed by atoms with Crippen LogP contribution in [0.25, 0.3) is 0 Å². The monoisotopic (exact) mass is 280 g/mol. The van der Waals surface area contributed by atoms with Crippen molar-refractivity contribution in [2.45, 2.75) is 50.5 Å². The first kappa shape index (κ1) is 13.4. The highest BCUT2D eigenvalue weighted by Gasteiger charge is 2.22. The second-order valence-corrected chi connectivity index (χ2v) is 6.92. The maximum atomic E-state index is 4.83. The van der Waals surface area contributed by atoms with Crippen LogP contribution in [-0.2, 0) is 13.5 Å². The van der Waals surface area contributed by atoms with Crippen molar-refractivity contribution in [3.8, 4) is 0 Å². The molecule has 1 aliphatic heterocycles. The van der Waals surface area contributed by atoms with E-state index in [2.05, 4.69) is 10.4 Å². The number of hydrogen-bond acceptors (Lipinski definition) is 4. The van der Waals surface area contributed by atoms with E-state index in [9.17, 15) is 0 Å². The minimum absolute atomic E-state index is 0.570. The lowest BCUT2D eigenvalue weighted by Crippen LogP contribution is -2.39. The van der Waals surface area contributed by atoms with Crippen molar-refractivity contribution in [3.05, 3.63) is 11.6 Å². The van der Waals surface area contributed by atoms with Gasteiger partial charge in [-0.05, 0) is 12.8 Å². The third-order valence-corrected chi connectivity index (χ3v) is 5.40. The highest BCUT2D eigenvalue weighted by molar-refractivity contribution is 7.99. The van der Waals surface area contributed by atoms with Crippen LogP contribution in [0.1, 0.15) is 49.7 Å². The zero-order chi connectivity index (χ0) is 13.1. The highest BCUT2D eigenvalue weighted by Crippen LogP contribution is 2.30. The van der Waals surface area contributed by atoms with Gasteiger partial charge in [0.2, 0.25) is 0 Å². The van der Waals surface area contributed by atoms with Gasteiger partial charge in [0.05, 0.1) is 0 Å². The largest absolute Gasteiger partial charge is 0.312 e. The first-order chi connectivity index (χ1) is 9.33. The van der Waals surface area contributed by atoms with E-state index in [4.69, 9.17) is 4.98 Å². The molecule has 106 valence electrons. The molecule has 1 aromatic heterocycles. The Morgan fingerprint density at radius 3 is 2.89 bits per heavy atom. The van der Waals surface area contributed by atoms with Crippen molar-refractivity contribution >= 4 is 11.8 Å². The van der Waals surface area contributed by atoms with Crippen molar-refractivity contribution in [2.75, 3.05) is 18.1 Å². The molecule has 2 fully saturated rings. The summed E-state index contributed by atoms with van der Waals surface area (Å²) >= 11 is 2.04. The second kappa shape index (κ2) is 6.27. The van der Waals surface area contributed by atoms with Crippen LogP contribution in [0.5, 0.6) is 0 Å². The normalized spacial score (nSPS) is 25.6. The minimum Gasteiger partial charge on any atom is -0.312 e. The quantitative estimate of drug-likeness (QED) is 0.921. The molecule has 0 aromatic carbocycles. The van der Waals surface area contributed by atoms with E-state index in [1.54, 1.807) is 0 Å². The number of nitrogens with one attached hydrogen (secondary N) is 1. The van der Waals surface area contributed by atoms with Crippen molar-refractivity contribution in [1.82, 2.24) is 20.1 Å². The summed E-state index contributed by atoms with van der Waals surface area (Å²) in [5.41, 5.74) is 0. The Morgan fingerprint density at radius 2 is 2.16 bits per heavy atom. The zero-order valence-electron chi connectivity index (χ0n) is 11.8. The molecular formula is C14H24N4S. The molecule has 1 N–H and O–H groups in total. The second-order valence-electron chi connectivity index (χ2n) is 5.77. The SMILES string of the molecule is Cn1nc(C2CCCCC2)nc1CC1CSCCN1. The molecule has 1 saturated carbocycles. The van der Waals surface area contributed by atoms with Gasteiger partial charge in [-0.1, -0.05) is 19.3 Å². The van der Waals surface area contributed by atoms with Gasteiger partial charge in [-0.3, -0.25) is 4.68 Å². The molecule has 0 radical (unpaired) electrons. The molecule has 1 atom stereocenters. The third kappa shape index (κ3) is 3.31. The Bertz CT molecular complexity index is 406. The number of aryl methyl sites for hydroxylation is 1. The van der Waals surface area contributed by atoms with Crippen LogP contribution in [0.15, 0.2) is 0 Å². The summed E-state index contributed by atoms with van der Waals surface area (Å²) in [5, 5.41) is 8.25. The lowest BCUT2D eigenvalue weighted by atomic mass is 9.89. The van der Waals surface area contributed by atoms with Crippen LogP contribution in [0.3, 0.4) is 0 Å². The van der Waals surface area contributed by atoms with Gasteiger partial charge >= 0.3 is 0 Å². The molecule has 19 heavy (non-hydrogen) atoms. The van der Waals surface area contributed by atoms with Crippen LogP contribution in [0.4, 0.5) is 0 Å². The van der Waals surface area contributed by atoms with Gasteiger partial charge in [-0.25, -0.2) is 4.98 Å². The molecule has 2 heterocycles. The average Bonchev–Trinajstić information content (AvgIpc) is 2.82. The van der Waals surface area contributed by atoms with E-state index in [1.807, 2.05) is 23.5 Å². The first-order valence-electron chi connectivity index (χ1n) is 7.54. The van der Waals surface area contributed by atoms with E-state index in [1.165, 1.54) is 43.6 Å². The van der Waals surface area contributed by atoms with Gasteiger partial charge < -0.3 is 5.32 Å². The molecule has 1 aromatic rings. The van der Waals surface area contributed by atoms with Gasteiger partial charge in [0.15, 0.2) is 5.82 Å². The lowest BCUT2D eigenvalue weighted by Gasteiger charge is -2.22. The molecule has 0 spiro atoms. The molecule has 1 unspecified atom stereocenters. The Labute approximate surface area is 119 Å². The maximum Gasteiger partial charge on any atom is 0.154 e. The van der Waals surface area contributed by atoms with Crippen LogP contribution >= 0.6 is 11.8 Å². The van der Waals surface area contributed by atoms with Crippen LogP contribution in [0, 0.1) is 0 Å². The van der Waals surface area contributed by atoms with Crippen molar-refractivity contribution < 1.29 is 0 Å². The summed E-state index contributed by atoms with van der Waals surface area (Å²) in [7, 11) is 2.05. The molecule has 1 saturated heterocycles. The van der Waals surface area contributed by atoms with Gasteiger partial charge in [-0.2, -0.15) is 16.9 Å². The Balaban J connectivity index is 1.66. The Kier molecular flexibility index (Phi) is 4.43. The predicted octanol–water partition coefficient (Wildman–Crippen LogP) is 2.11. The molecule has 0 bridgehead atoms. The molecule has 2 aliphatic rings. The van der Waals surface area contributed by atoms with Crippen LogP contribution in [0.2, 0.25) is 0 Å². The number of nitrogens with zero attached hydrogens (tertiary/aromatic N) is 3. The summed E-state index contributed by atoms with van der Waals surface area (Å²) in [6, 6.07) is 0.570. The third-order valence-electron chi connectivity index (χ3n) is 4.27. The smallest absolute Gasteiger partial charge is 0.154 e. The fourth-order valence-electron chi connectivity index (χ4n) is 3.12. The maximum absolute atomic E-state index is 4.83. The number of hydrogen-bond donors (Lipinski definition) is 1. The van der Waals surface area contributed by atoms with E-state index in [0.717, 1.165) is 24.6 Å². The summed E-state index contributed by atoms with van der Waals surface area (Å²) in [5.74, 6) is 5.30. The van der Waals surface area contributed by atoms with E-state index in [0.29, 0.717) is 12.0 Å². The van der Waals surface area contributed by atoms with Crippen molar-refractivity contribution in [1.29, 1.82) is 0 Å². The standard InChI is InChI=1S/C14H24N4S/c1-18-13(9-12-10-19-8-7-15-12)16-14(17-18)11-5-3-2-4-6-11/h11-12,15H,2-10H2,1H3. The molecule has 1 aliphatic carbocycles. The molecular weight excluding hydrogens is 256 g/mol. The van der Waals surface area contributed by atoms with Crippen LogP contribution in [-0.4, -0.2) is 38.9 Å². The van der Waals surface area contributed by atoms with Crippen molar-refractivity contribution in [3.63, 3.8) is 0 Å². The number of thioether (sulfide) groups is 1. The molecule has 4 nitrogen and oxygen atoms in total. The predicted molar refractivity (Wildman–Crippen MR) is 79.6 cm³/mol. The van der Waals surface area contributed by atoms with E-state index >= 15 is 0 Å². The summed E-state index contributed by atoms with van der Waals surface area (Å²) in [6.45, 7) is 1.13. The molecule has 0 amide bonds. The summed E-state index contributed by atoms with van der Waals surface area (Å²) < 4.78 is 2.00. The van der Waals surface area contributed by atoms with Crippen LogP contribution < -0.4 is 5.32 Å². The summed E-state index contributed by atoms with van der Waals surface area (Å²) in [4.78, 5) is 4.83. The average molecular weight is 280 g/mol. The van der Waals surface area contributed by atoms with Gasteiger partial charge in [0.1, 0.15) is 5.82 Å². The Morgan fingerprint density at radius 1 is 1.32 bits per heavy atom. The highest BCUT2D eigenvalue weighted by atomic mass is 32.2. The number of aromatic nitrogens is 3. The number of rotatable bonds is 3. The fourth-order valence-corrected chi connectivity index (χ4v) is 4.07. The van der Waals surface area contributed by atoms with E-state index < -0.39 is 0 Å². The molecule has 5 heteroatoms. The minimum atomic E-state index is 0.570. The topological polar surface area (TPSA) is 42.7 Å². The molecule has 3 rings (SSSR count). The Hall–Kier alpha value is -0.550. The van der Waals surface area contributed by atoms with Gasteiger partial charge in [0, 0.05) is 43.5 Å². The van der Waals surface area contributed by atoms with Crippen molar-refractivity contribution in [2.24, 2.45) is 7.05 Å². The van der Waals surface area contributed by atoms with E-state index in [-0.39, 0.29) is 0 Å². The van der Waals surface area contributed by atoms with Gasteiger partial charge in [-0.15, -0.1) is 0 Å². The first-order valence-corrected chi connectivity index (χ1v) is 8.69. The fraction of sp³-hybridized carbons (Fsp3) is 0.857. The van der Waals surface area contributed by atoms with Gasteiger partial charge in [0.25, 0.3) is 0 Å². The lowest BCUT2D eigenvalue weighted by molar-refractivity contribution is 0.427.